The van der Waals surface area contributed by atoms with Crippen LogP contribution in [0.5, 0.6) is 0 Å². The van der Waals surface area contributed by atoms with E-state index in [0.29, 0.717) is 0 Å². The Kier molecular flexibility index (Phi) is 6.83. The summed E-state index contributed by atoms with van der Waals surface area (Å²) in [7, 11) is 0. The van der Waals surface area contributed by atoms with E-state index in [0.717, 1.165) is 18.2 Å². The van der Waals surface area contributed by atoms with Gasteiger partial charge in [-0.3, -0.25) is 0 Å². The van der Waals surface area contributed by atoms with Gasteiger partial charge < -0.3 is 29.6 Å². The van der Waals surface area contributed by atoms with E-state index in [4.69, 9.17) is 4.74 Å². The van der Waals surface area contributed by atoms with Crippen molar-refractivity contribution in [3.63, 3.8) is 0 Å². The molecular formula is C10H8BaO6. The minimum absolute atomic E-state index is 0. The van der Waals surface area contributed by atoms with Gasteiger partial charge in [-0.2, -0.15) is 0 Å². The summed E-state index contributed by atoms with van der Waals surface area (Å²) in [5.41, 5.74) is -0.207. The Balaban J connectivity index is 0.00000256. The van der Waals surface area contributed by atoms with Crippen molar-refractivity contribution in [2.45, 2.75) is 12.2 Å². The maximum absolute atomic E-state index is 10.5. The number of hydrogen-bond acceptors (Lipinski definition) is 6. The molecule has 17 heavy (non-hydrogen) atoms. The summed E-state index contributed by atoms with van der Waals surface area (Å²) in [6.07, 6.45) is 1.04. The standard InChI is InChI=1S/C10H10O6.Ba/c1-5(9(12)13)16-8-4-6(10(14)15)2-3-7(8)11;/h2-4,7-8,11H,1H2,(H,12,13)(H,14,15);/q;+2/p-2/t7-,8-;/m1./s1. The number of ether oxygens (including phenoxy) is 1. The average Bonchev–Trinajstić information content (AvgIpc) is 2.20. The molecule has 1 N–H and O–H groups in total. The third-order valence-electron chi connectivity index (χ3n) is 1.90. The van der Waals surface area contributed by atoms with Crippen molar-refractivity contribution in [3.8, 4) is 0 Å². The van der Waals surface area contributed by atoms with Crippen molar-refractivity contribution in [1.82, 2.24) is 0 Å². The van der Waals surface area contributed by atoms with Crippen LogP contribution in [0.15, 0.2) is 36.1 Å². The van der Waals surface area contributed by atoms with Crippen molar-refractivity contribution in [3.05, 3.63) is 36.1 Å². The second kappa shape index (κ2) is 7.04. The average molecular weight is 361 g/mol. The molecule has 7 heteroatoms. The van der Waals surface area contributed by atoms with Crippen LogP contribution in [0.3, 0.4) is 0 Å². The number of carbonyl (C=O) groups is 2. The molecule has 1 aliphatic rings. The molecule has 0 amide bonds. The van der Waals surface area contributed by atoms with Crippen LogP contribution in [-0.2, 0) is 14.3 Å². The van der Waals surface area contributed by atoms with Crippen LogP contribution in [0.1, 0.15) is 0 Å². The van der Waals surface area contributed by atoms with Gasteiger partial charge in [0.05, 0.1) is 5.97 Å². The molecule has 0 saturated heterocycles. The molecule has 0 aromatic carbocycles. The fourth-order valence-corrected chi connectivity index (χ4v) is 1.10. The molecule has 2 atom stereocenters. The topological polar surface area (TPSA) is 110 Å². The van der Waals surface area contributed by atoms with Crippen LogP contribution in [-0.4, -0.2) is 78.1 Å². The second-order valence-electron chi connectivity index (χ2n) is 3.05. The fourth-order valence-electron chi connectivity index (χ4n) is 1.10. The quantitative estimate of drug-likeness (QED) is 0.322. The predicted molar refractivity (Wildman–Crippen MR) is 53.0 cm³/mol. The summed E-state index contributed by atoms with van der Waals surface area (Å²) in [6, 6.07) is 0. The van der Waals surface area contributed by atoms with Gasteiger partial charge in [-0.05, 0) is 11.6 Å². The first-order valence-electron chi connectivity index (χ1n) is 4.28. The zero-order chi connectivity index (χ0) is 12.3. The van der Waals surface area contributed by atoms with E-state index < -0.39 is 29.9 Å². The number of aliphatic carboxylic acids is 2. The second-order valence-corrected chi connectivity index (χ2v) is 3.05. The molecular weight excluding hydrogens is 353 g/mol. The molecule has 0 unspecified atom stereocenters. The molecule has 0 heterocycles. The molecule has 0 fully saturated rings. The van der Waals surface area contributed by atoms with Gasteiger partial charge in [0.1, 0.15) is 23.9 Å². The van der Waals surface area contributed by atoms with Crippen molar-refractivity contribution < 1.29 is 29.6 Å². The summed E-state index contributed by atoms with van der Waals surface area (Å²) < 4.78 is 4.72. The first kappa shape index (κ1) is 16.5. The van der Waals surface area contributed by atoms with Crippen LogP contribution >= 0.6 is 0 Å². The van der Waals surface area contributed by atoms with Gasteiger partial charge in [-0.25, -0.2) is 0 Å². The van der Waals surface area contributed by atoms with E-state index in [-0.39, 0.29) is 54.5 Å². The normalized spacial score (nSPS) is 22.1. The molecule has 0 radical (unpaired) electrons. The van der Waals surface area contributed by atoms with E-state index in [9.17, 15) is 24.9 Å². The summed E-state index contributed by atoms with van der Waals surface area (Å²) >= 11 is 0. The molecule has 1 rings (SSSR count). The zero-order valence-corrected chi connectivity index (χ0v) is 13.2. The van der Waals surface area contributed by atoms with Crippen LogP contribution in [0.4, 0.5) is 0 Å². The van der Waals surface area contributed by atoms with Crippen molar-refractivity contribution in [2.24, 2.45) is 0 Å². The molecule has 0 spiro atoms. The number of rotatable bonds is 4. The summed E-state index contributed by atoms with van der Waals surface area (Å²) in [4.78, 5) is 20.8. The number of aliphatic hydroxyl groups excluding tert-OH is 1. The smallest absolute Gasteiger partial charge is 0.545 e. The Labute approximate surface area is 137 Å². The van der Waals surface area contributed by atoms with E-state index in [1.54, 1.807) is 0 Å². The fraction of sp³-hybridized carbons (Fsp3) is 0.200. The monoisotopic (exact) mass is 362 g/mol. The predicted octanol–water partition coefficient (Wildman–Crippen LogP) is -3.14. The first-order valence-corrected chi connectivity index (χ1v) is 4.28. The number of carbonyl (C=O) groups excluding carboxylic acids is 2. The van der Waals surface area contributed by atoms with Crippen LogP contribution in [0.2, 0.25) is 0 Å². The minimum atomic E-state index is -1.63. The van der Waals surface area contributed by atoms with Gasteiger partial charge in [-0.1, -0.05) is 18.7 Å². The summed E-state index contributed by atoms with van der Waals surface area (Å²) in [6.45, 7) is 3.04. The van der Waals surface area contributed by atoms with Gasteiger partial charge in [0.2, 0.25) is 0 Å². The maximum Gasteiger partial charge on any atom is 2.00 e. The minimum Gasteiger partial charge on any atom is -0.545 e. The first-order chi connectivity index (χ1) is 7.41. The van der Waals surface area contributed by atoms with Crippen molar-refractivity contribution in [2.75, 3.05) is 0 Å². The van der Waals surface area contributed by atoms with E-state index in [1.807, 2.05) is 0 Å². The molecule has 1 aliphatic carbocycles. The van der Waals surface area contributed by atoms with Gasteiger partial charge in [0, 0.05) is 0 Å². The van der Waals surface area contributed by atoms with Gasteiger partial charge >= 0.3 is 48.9 Å². The molecule has 0 aromatic heterocycles. The van der Waals surface area contributed by atoms with E-state index >= 15 is 0 Å². The number of hydrogen-bond donors (Lipinski definition) is 1. The molecule has 0 saturated carbocycles. The number of aliphatic hydroxyl groups is 1. The SMILES string of the molecule is C=C(O[C@@H]1C=C(C(=O)[O-])C=C[C@H]1O)C(=O)[O-].[Ba+2]. The molecule has 6 nitrogen and oxygen atoms in total. The third-order valence-corrected chi connectivity index (χ3v) is 1.90. The van der Waals surface area contributed by atoms with Gasteiger partial charge in [0.15, 0.2) is 0 Å². The summed E-state index contributed by atoms with van der Waals surface area (Å²) in [5, 5.41) is 30.2. The van der Waals surface area contributed by atoms with E-state index in [1.165, 1.54) is 0 Å². The maximum atomic E-state index is 10.5. The largest absolute Gasteiger partial charge is 2.00 e. The van der Waals surface area contributed by atoms with Crippen LogP contribution < -0.4 is 10.2 Å². The Bertz CT molecular complexity index is 398. The van der Waals surface area contributed by atoms with Crippen LogP contribution in [0, 0.1) is 0 Å². The van der Waals surface area contributed by atoms with E-state index in [2.05, 4.69) is 6.58 Å². The zero-order valence-electron chi connectivity index (χ0n) is 8.79. The molecule has 86 valence electrons. The van der Waals surface area contributed by atoms with Crippen LogP contribution in [0.25, 0.3) is 0 Å². The Morgan fingerprint density at radius 3 is 2.47 bits per heavy atom. The van der Waals surface area contributed by atoms with Gasteiger partial charge in [0.25, 0.3) is 0 Å². The third kappa shape index (κ3) is 4.70. The Hall–Kier alpha value is -0.509. The van der Waals surface area contributed by atoms with Crippen molar-refractivity contribution >= 4 is 60.8 Å². The van der Waals surface area contributed by atoms with Gasteiger partial charge in [-0.15, -0.1) is 0 Å². The number of carboxylic acid groups (broad SMARTS) is 2. The van der Waals surface area contributed by atoms with Crippen molar-refractivity contribution in [1.29, 1.82) is 0 Å². The summed E-state index contributed by atoms with van der Waals surface area (Å²) in [5.74, 6) is -3.77. The number of carboxylic acids is 2. The Morgan fingerprint density at radius 2 is 2.00 bits per heavy atom. The molecule has 0 aliphatic heterocycles. The molecule has 0 bridgehead atoms. The Morgan fingerprint density at radius 1 is 1.41 bits per heavy atom. The molecule has 0 aromatic rings.